The topological polar surface area (TPSA) is 72.2 Å². The second-order valence-electron chi connectivity index (χ2n) is 4.08. The first-order chi connectivity index (χ1) is 8.04. The van der Waals surface area contributed by atoms with Crippen molar-refractivity contribution < 1.29 is 9.59 Å². The maximum Gasteiger partial charge on any atom is 0.251 e. The van der Waals surface area contributed by atoms with Crippen LogP contribution in [0.1, 0.15) is 30.6 Å². The molecule has 0 saturated heterocycles. The molecule has 1 aromatic rings. The quantitative estimate of drug-likeness (QED) is 0.760. The molecule has 0 bridgehead atoms. The van der Waals surface area contributed by atoms with Gasteiger partial charge in [0.25, 0.3) is 5.91 Å². The number of anilines is 1. The monoisotopic (exact) mass is 234 g/mol. The minimum Gasteiger partial charge on any atom is -0.399 e. The molecule has 0 saturated carbocycles. The number of nitrogens with one attached hydrogen (secondary N) is 1. The summed E-state index contributed by atoms with van der Waals surface area (Å²) in [6, 6.07) is 6.59. The third-order valence-corrected chi connectivity index (χ3v) is 2.76. The summed E-state index contributed by atoms with van der Waals surface area (Å²) in [6.45, 7) is 3.89. The Morgan fingerprint density at radius 1 is 1.29 bits per heavy atom. The van der Waals surface area contributed by atoms with Crippen LogP contribution in [0.5, 0.6) is 0 Å². The van der Waals surface area contributed by atoms with Gasteiger partial charge in [-0.25, -0.2) is 0 Å². The first kappa shape index (κ1) is 13.2. The van der Waals surface area contributed by atoms with Gasteiger partial charge < -0.3 is 11.1 Å². The minimum absolute atomic E-state index is 0.0123. The van der Waals surface area contributed by atoms with E-state index in [0.29, 0.717) is 11.3 Å². The number of ketones is 1. The largest absolute Gasteiger partial charge is 0.399 e. The van der Waals surface area contributed by atoms with Gasteiger partial charge in [0.2, 0.25) is 0 Å². The van der Waals surface area contributed by atoms with E-state index < -0.39 is 0 Å². The fraction of sp³-hybridized carbons (Fsp3) is 0.385. The Morgan fingerprint density at radius 2 is 1.88 bits per heavy atom. The zero-order chi connectivity index (χ0) is 12.8. The Hall–Kier alpha value is -1.84. The van der Waals surface area contributed by atoms with Crippen molar-refractivity contribution in [2.75, 3.05) is 12.3 Å². The normalized spacial score (nSPS) is 11.9. The minimum atomic E-state index is -0.248. The molecule has 1 unspecified atom stereocenters. The molecular formula is C13H18N2O2. The molecule has 0 heterocycles. The van der Waals surface area contributed by atoms with Crippen molar-refractivity contribution in [2.24, 2.45) is 5.92 Å². The van der Waals surface area contributed by atoms with Crippen LogP contribution in [0, 0.1) is 5.92 Å². The number of hydrogen-bond donors (Lipinski definition) is 2. The van der Waals surface area contributed by atoms with Gasteiger partial charge in [0.15, 0.2) is 5.78 Å². The van der Waals surface area contributed by atoms with E-state index in [1.165, 1.54) is 0 Å². The maximum absolute atomic E-state index is 11.7. The number of rotatable bonds is 5. The lowest BCUT2D eigenvalue weighted by atomic mass is 10.0. The summed E-state index contributed by atoms with van der Waals surface area (Å²) in [5.41, 5.74) is 6.64. The number of nitrogens with two attached hydrogens (primary N) is 1. The van der Waals surface area contributed by atoms with Crippen molar-refractivity contribution in [1.29, 1.82) is 0 Å². The molecule has 1 atom stereocenters. The molecule has 92 valence electrons. The van der Waals surface area contributed by atoms with Crippen LogP contribution in [0.25, 0.3) is 0 Å². The van der Waals surface area contributed by atoms with Crippen molar-refractivity contribution in [3.05, 3.63) is 29.8 Å². The number of hydrogen-bond acceptors (Lipinski definition) is 3. The predicted octanol–water partition coefficient (Wildman–Crippen LogP) is 1.61. The van der Waals surface area contributed by atoms with Crippen LogP contribution in [0.4, 0.5) is 5.69 Å². The third-order valence-electron chi connectivity index (χ3n) is 2.76. The second kappa shape index (κ2) is 6.03. The van der Waals surface area contributed by atoms with Crippen LogP contribution in [0.3, 0.4) is 0 Å². The third kappa shape index (κ3) is 3.90. The van der Waals surface area contributed by atoms with E-state index in [2.05, 4.69) is 5.32 Å². The van der Waals surface area contributed by atoms with Gasteiger partial charge in [-0.15, -0.1) is 0 Å². The van der Waals surface area contributed by atoms with Gasteiger partial charge in [0, 0.05) is 17.2 Å². The molecule has 1 aromatic carbocycles. The van der Waals surface area contributed by atoms with Gasteiger partial charge in [-0.05, 0) is 30.7 Å². The summed E-state index contributed by atoms with van der Waals surface area (Å²) in [7, 11) is 0. The zero-order valence-corrected chi connectivity index (χ0v) is 10.2. The SMILES string of the molecule is CCC(C)C(=O)CNC(=O)c1ccc(N)cc1. The molecule has 17 heavy (non-hydrogen) atoms. The Bertz CT molecular complexity index is 398. The van der Waals surface area contributed by atoms with Gasteiger partial charge in [0.05, 0.1) is 6.54 Å². The molecular weight excluding hydrogens is 216 g/mol. The highest BCUT2D eigenvalue weighted by Crippen LogP contribution is 2.05. The van der Waals surface area contributed by atoms with Crippen LogP contribution in [-0.4, -0.2) is 18.2 Å². The molecule has 0 aliphatic heterocycles. The number of carbonyl (C=O) groups excluding carboxylic acids is 2. The van der Waals surface area contributed by atoms with Crippen LogP contribution >= 0.6 is 0 Å². The Balaban J connectivity index is 2.50. The molecule has 0 radical (unpaired) electrons. The molecule has 0 aromatic heterocycles. The predicted molar refractivity (Wildman–Crippen MR) is 67.6 cm³/mol. The number of amides is 1. The fourth-order valence-corrected chi connectivity index (χ4v) is 1.31. The van der Waals surface area contributed by atoms with Crippen LogP contribution < -0.4 is 11.1 Å². The molecule has 0 aliphatic carbocycles. The van der Waals surface area contributed by atoms with Gasteiger partial charge in [-0.1, -0.05) is 13.8 Å². The lowest BCUT2D eigenvalue weighted by Gasteiger charge is -2.08. The summed E-state index contributed by atoms with van der Waals surface area (Å²) in [6.07, 6.45) is 0.788. The van der Waals surface area contributed by atoms with E-state index in [4.69, 9.17) is 5.73 Å². The molecule has 1 rings (SSSR count). The smallest absolute Gasteiger partial charge is 0.251 e. The highest BCUT2D eigenvalue weighted by molar-refractivity contribution is 5.97. The van der Waals surface area contributed by atoms with Crippen molar-refractivity contribution in [2.45, 2.75) is 20.3 Å². The summed E-state index contributed by atoms with van der Waals surface area (Å²) in [4.78, 5) is 23.2. The van der Waals surface area contributed by atoms with E-state index in [1.54, 1.807) is 24.3 Å². The maximum atomic E-state index is 11.7. The molecule has 4 heteroatoms. The molecule has 0 aliphatic rings. The Morgan fingerprint density at radius 3 is 2.41 bits per heavy atom. The number of benzene rings is 1. The standard InChI is InChI=1S/C13H18N2O2/c1-3-9(2)12(16)8-15-13(17)10-4-6-11(14)7-5-10/h4-7,9H,3,8,14H2,1-2H3,(H,15,17). The highest BCUT2D eigenvalue weighted by atomic mass is 16.2. The number of nitrogen functional groups attached to an aromatic ring is 1. The average Bonchev–Trinajstić information content (AvgIpc) is 2.35. The number of carbonyl (C=O) groups is 2. The van der Waals surface area contributed by atoms with Crippen molar-refractivity contribution in [1.82, 2.24) is 5.32 Å². The first-order valence-electron chi connectivity index (χ1n) is 5.71. The molecule has 3 N–H and O–H groups in total. The van der Waals surface area contributed by atoms with Gasteiger partial charge in [-0.3, -0.25) is 9.59 Å². The lowest BCUT2D eigenvalue weighted by molar-refractivity contribution is -0.121. The zero-order valence-electron chi connectivity index (χ0n) is 10.2. The van der Waals surface area contributed by atoms with Crippen molar-refractivity contribution >= 4 is 17.4 Å². The molecule has 4 nitrogen and oxygen atoms in total. The van der Waals surface area contributed by atoms with Gasteiger partial charge >= 0.3 is 0 Å². The fourth-order valence-electron chi connectivity index (χ4n) is 1.31. The Kier molecular flexibility index (Phi) is 4.69. The van der Waals surface area contributed by atoms with Crippen LogP contribution in [0.2, 0.25) is 0 Å². The highest BCUT2D eigenvalue weighted by Gasteiger charge is 2.12. The van der Waals surface area contributed by atoms with E-state index >= 15 is 0 Å². The van der Waals surface area contributed by atoms with Crippen molar-refractivity contribution in [3.63, 3.8) is 0 Å². The summed E-state index contributed by atoms with van der Waals surface area (Å²) in [5.74, 6) is -0.209. The van der Waals surface area contributed by atoms with Crippen LogP contribution in [-0.2, 0) is 4.79 Å². The van der Waals surface area contributed by atoms with Crippen LogP contribution in [0.15, 0.2) is 24.3 Å². The summed E-state index contributed by atoms with van der Waals surface area (Å²) >= 11 is 0. The van der Waals surface area contributed by atoms with E-state index in [0.717, 1.165) is 6.42 Å². The van der Waals surface area contributed by atoms with Gasteiger partial charge in [0.1, 0.15) is 0 Å². The molecule has 1 amide bonds. The summed E-state index contributed by atoms with van der Waals surface area (Å²) < 4.78 is 0. The number of Topliss-reactive ketones (excluding diaryl/α,β-unsaturated/α-hetero) is 1. The molecule has 0 spiro atoms. The average molecular weight is 234 g/mol. The van der Waals surface area contributed by atoms with E-state index in [-0.39, 0.29) is 24.2 Å². The second-order valence-corrected chi connectivity index (χ2v) is 4.08. The molecule has 0 fully saturated rings. The summed E-state index contributed by atoms with van der Waals surface area (Å²) in [5, 5.41) is 2.60. The van der Waals surface area contributed by atoms with Crippen molar-refractivity contribution in [3.8, 4) is 0 Å². The lowest BCUT2D eigenvalue weighted by Crippen LogP contribution is -2.32. The first-order valence-corrected chi connectivity index (χ1v) is 5.71. The van der Waals surface area contributed by atoms with Gasteiger partial charge in [-0.2, -0.15) is 0 Å². The van der Waals surface area contributed by atoms with E-state index in [1.807, 2.05) is 13.8 Å². The Labute approximate surface area is 101 Å². The van der Waals surface area contributed by atoms with E-state index in [9.17, 15) is 9.59 Å².